The van der Waals surface area contributed by atoms with Gasteiger partial charge in [-0.05, 0) is 43.4 Å². The second-order valence-electron chi connectivity index (χ2n) is 8.58. The molecule has 1 saturated carbocycles. The van der Waals surface area contributed by atoms with Crippen LogP contribution in [0.5, 0.6) is 5.88 Å². The van der Waals surface area contributed by atoms with Crippen molar-refractivity contribution < 1.29 is 13.2 Å². The van der Waals surface area contributed by atoms with Gasteiger partial charge in [0.05, 0.1) is 19.3 Å². The third-order valence-electron chi connectivity index (χ3n) is 5.43. The monoisotopic (exact) mass is 443 g/mol. The van der Waals surface area contributed by atoms with Crippen molar-refractivity contribution in [2.75, 3.05) is 6.61 Å². The van der Waals surface area contributed by atoms with Crippen LogP contribution >= 0.6 is 23.2 Å². The lowest BCUT2D eigenvalue weighted by Gasteiger charge is -2.42. The maximum absolute atomic E-state index is 13.2. The van der Waals surface area contributed by atoms with Gasteiger partial charge in [0.15, 0.2) is 4.90 Å². The number of sulfonamides is 1. The predicted molar refractivity (Wildman–Crippen MR) is 109 cm³/mol. The number of benzene rings is 1. The maximum atomic E-state index is 13.2. The van der Waals surface area contributed by atoms with Crippen molar-refractivity contribution in [2.24, 2.45) is 5.41 Å². The molecule has 0 bridgehead atoms. The van der Waals surface area contributed by atoms with Crippen LogP contribution in [0.2, 0.25) is 10.0 Å². The van der Waals surface area contributed by atoms with Gasteiger partial charge in [-0.2, -0.15) is 5.10 Å². The van der Waals surface area contributed by atoms with Crippen LogP contribution in [0.4, 0.5) is 0 Å². The summed E-state index contributed by atoms with van der Waals surface area (Å²) in [4.78, 5) is 0.0940. The van der Waals surface area contributed by atoms with Crippen molar-refractivity contribution in [3.8, 4) is 5.88 Å². The summed E-state index contributed by atoms with van der Waals surface area (Å²) in [7, 11) is -3.78. The molecule has 2 heterocycles. The number of nitrogens with one attached hydrogen (secondary N) is 1. The largest absolute Gasteiger partial charge is 0.476 e. The molecule has 28 heavy (non-hydrogen) atoms. The van der Waals surface area contributed by atoms with E-state index in [0.29, 0.717) is 35.5 Å². The molecule has 0 amide bonds. The first-order valence-electron chi connectivity index (χ1n) is 9.26. The summed E-state index contributed by atoms with van der Waals surface area (Å²) >= 11 is 12.3. The summed E-state index contributed by atoms with van der Waals surface area (Å²) in [6.07, 6.45) is 4.36. The van der Waals surface area contributed by atoms with Crippen LogP contribution in [0.3, 0.4) is 0 Å². The highest BCUT2D eigenvalue weighted by molar-refractivity contribution is 7.89. The summed E-state index contributed by atoms with van der Waals surface area (Å²) in [5.41, 5.74) is 0.232. The highest BCUT2D eigenvalue weighted by atomic mass is 35.5. The smallest absolute Gasteiger partial charge is 0.248 e. The highest BCUT2D eigenvalue weighted by Gasteiger charge is 2.43. The van der Waals surface area contributed by atoms with E-state index in [1.807, 2.05) is 6.07 Å². The van der Waals surface area contributed by atoms with Gasteiger partial charge in [0.1, 0.15) is 0 Å². The van der Waals surface area contributed by atoms with Gasteiger partial charge in [0, 0.05) is 21.0 Å². The van der Waals surface area contributed by atoms with Crippen molar-refractivity contribution in [1.82, 2.24) is 14.5 Å². The molecule has 0 saturated heterocycles. The average molecular weight is 444 g/mol. The minimum Gasteiger partial charge on any atom is -0.476 e. The summed E-state index contributed by atoms with van der Waals surface area (Å²) in [5, 5.41) is 5.34. The lowest BCUT2D eigenvalue weighted by molar-refractivity contribution is 0.0969. The van der Waals surface area contributed by atoms with Crippen LogP contribution in [-0.4, -0.2) is 30.3 Å². The molecule has 1 aliphatic heterocycles. The third-order valence-corrected chi connectivity index (χ3v) is 7.58. The van der Waals surface area contributed by atoms with Crippen molar-refractivity contribution in [3.63, 3.8) is 0 Å². The molecule has 0 unspecified atom stereocenters. The predicted octanol–water partition coefficient (Wildman–Crippen LogP) is 4.05. The van der Waals surface area contributed by atoms with Crippen molar-refractivity contribution in [3.05, 3.63) is 40.0 Å². The lowest BCUT2D eigenvalue weighted by atomic mass is 9.74. The fourth-order valence-corrected chi connectivity index (χ4v) is 5.81. The summed E-state index contributed by atoms with van der Waals surface area (Å²) < 4.78 is 36.6. The van der Waals surface area contributed by atoms with Gasteiger partial charge in [-0.25, -0.2) is 17.8 Å². The molecule has 0 spiro atoms. The lowest BCUT2D eigenvalue weighted by Crippen LogP contribution is -2.54. The summed E-state index contributed by atoms with van der Waals surface area (Å²) in [6.45, 7) is 5.18. The molecule has 1 fully saturated rings. The molecule has 2 aliphatic rings. The number of hydrogen-bond acceptors (Lipinski definition) is 4. The number of fused-ring (bicyclic) bond motifs is 1. The maximum Gasteiger partial charge on any atom is 0.248 e. The first kappa shape index (κ1) is 20.0. The highest BCUT2D eigenvalue weighted by Crippen LogP contribution is 2.40. The number of nitrogens with zero attached hydrogens (tertiary/aromatic N) is 2. The first-order chi connectivity index (χ1) is 13.1. The molecule has 2 aromatic rings. The van der Waals surface area contributed by atoms with Gasteiger partial charge in [-0.3, -0.25) is 0 Å². The zero-order valence-electron chi connectivity index (χ0n) is 15.8. The molecule has 4 rings (SSSR count). The minimum absolute atomic E-state index is 0.0893. The molecule has 1 aromatic carbocycles. The van der Waals surface area contributed by atoms with Gasteiger partial charge < -0.3 is 4.74 Å². The quantitative estimate of drug-likeness (QED) is 0.755. The van der Waals surface area contributed by atoms with E-state index in [4.69, 9.17) is 27.9 Å². The Balaban J connectivity index is 1.59. The molecule has 6 nitrogen and oxygen atoms in total. The SMILES string of the molecule is CC1(C)COc2c(S(=O)(=O)NC3(Cc4ccc(Cl)cc4Cl)CCC3)cnn2C1. The molecule has 0 atom stereocenters. The van der Waals surface area contributed by atoms with Crippen molar-refractivity contribution in [1.29, 1.82) is 0 Å². The molecule has 1 N–H and O–H groups in total. The Bertz CT molecular complexity index is 1010. The molecule has 152 valence electrons. The summed E-state index contributed by atoms with van der Waals surface area (Å²) in [6, 6.07) is 5.31. The molecule has 1 aliphatic carbocycles. The van der Waals surface area contributed by atoms with Gasteiger partial charge >= 0.3 is 0 Å². The van der Waals surface area contributed by atoms with Crippen LogP contribution in [-0.2, 0) is 23.0 Å². The Hall–Kier alpha value is -1.28. The molecule has 1 aromatic heterocycles. The van der Waals surface area contributed by atoms with Gasteiger partial charge in [0.2, 0.25) is 15.9 Å². The number of halogens is 2. The number of ether oxygens (including phenoxy) is 1. The van der Waals surface area contributed by atoms with Gasteiger partial charge in [-0.1, -0.05) is 43.1 Å². The van der Waals surface area contributed by atoms with Crippen LogP contribution in [0.1, 0.15) is 38.7 Å². The Morgan fingerprint density at radius 3 is 2.68 bits per heavy atom. The molecular weight excluding hydrogens is 421 g/mol. The van der Waals surface area contributed by atoms with Crippen LogP contribution < -0.4 is 9.46 Å². The topological polar surface area (TPSA) is 73.2 Å². The fraction of sp³-hybridized carbons (Fsp3) is 0.526. The van der Waals surface area contributed by atoms with Gasteiger partial charge in [0.25, 0.3) is 0 Å². The zero-order chi connectivity index (χ0) is 20.2. The first-order valence-corrected chi connectivity index (χ1v) is 11.5. The van der Waals surface area contributed by atoms with Crippen LogP contribution in [0.15, 0.2) is 29.3 Å². The standard InChI is InChI=1S/C19H23Cl2N3O3S/c1-18(2)11-24-17(27-12-18)16(10-22-24)28(25,26)23-19(6-3-7-19)9-13-4-5-14(20)8-15(13)21/h4-5,8,10,23H,3,6-7,9,11-12H2,1-2H3. The van der Waals surface area contributed by atoms with E-state index in [9.17, 15) is 8.42 Å². The van der Waals surface area contributed by atoms with E-state index in [2.05, 4.69) is 23.7 Å². The second-order valence-corrected chi connectivity index (χ2v) is 11.1. The fourth-order valence-electron chi connectivity index (χ4n) is 3.80. The minimum atomic E-state index is -3.78. The van der Waals surface area contributed by atoms with Crippen LogP contribution in [0.25, 0.3) is 0 Å². The number of aromatic nitrogens is 2. The third kappa shape index (κ3) is 3.77. The Labute approximate surface area is 175 Å². The Morgan fingerprint density at radius 2 is 2.04 bits per heavy atom. The van der Waals surface area contributed by atoms with Crippen molar-refractivity contribution >= 4 is 33.2 Å². The van der Waals surface area contributed by atoms with E-state index < -0.39 is 15.6 Å². The Morgan fingerprint density at radius 1 is 1.29 bits per heavy atom. The summed E-state index contributed by atoms with van der Waals surface area (Å²) in [5.74, 6) is 0.311. The van der Waals surface area contributed by atoms with Gasteiger partial charge in [-0.15, -0.1) is 0 Å². The average Bonchev–Trinajstić information content (AvgIpc) is 2.97. The molecule has 9 heteroatoms. The zero-order valence-corrected chi connectivity index (χ0v) is 18.2. The van der Waals surface area contributed by atoms with E-state index in [-0.39, 0.29) is 10.3 Å². The Kier molecular flexibility index (Phi) is 4.93. The normalized spacial score (nSPS) is 20.1. The van der Waals surface area contributed by atoms with E-state index >= 15 is 0 Å². The number of rotatable bonds is 5. The number of hydrogen-bond donors (Lipinski definition) is 1. The van der Waals surface area contributed by atoms with Crippen LogP contribution in [0, 0.1) is 5.41 Å². The van der Waals surface area contributed by atoms with Crippen molar-refractivity contribution in [2.45, 2.75) is 56.5 Å². The molecular formula is C19H23Cl2N3O3S. The van der Waals surface area contributed by atoms with E-state index in [1.165, 1.54) is 6.20 Å². The van der Waals surface area contributed by atoms with E-state index in [1.54, 1.807) is 16.8 Å². The molecule has 0 radical (unpaired) electrons. The van der Waals surface area contributed by atoms with E-state index in [0.717, 1.165) is 24.8 Å². The second kappa shape index (κ2) is 6.90.